The van der Waals surface area contributed by atoms with Crippen molar-refractivity contribution >= 4 is 23.2 Å². The Labute approximate surface area is 71.1 Å². The molecule has 0 bridgehead atoms. The van der Waals surface area contributed by atoms with E-state index in [9.17, 15) is 0 Å². The molecule has 0 saturated heterocycles. The van der Waals surface area contributed by atoms with Crippen LogP contribution in [0.1, 0.15) is 0 Å². The molecule has 0 spiro atoms. The van der Waals surface area contributed by atoms with Gasteiger partial charge in [0.05, 0.1) is 4.49 Å². The molecule has 1 aromatic rings. The van der Waals surface area contributed by atoms with Crippen LogP contribution in [0.4, 0.5) is 0 Å². The van der Waals surface area contributed by atoms with Gasteiger partial charge in [-0.3, -0.25) is 0 Å². The Kier molecular flexibility index (Phi) is 6.35. The lowest BCUT2D eigenvalue weighted by Gasteiger charge is -1.69. The first-order valence-electron chi connectivity index (χ1n) is 2.73. The van der Waals surface area contributed by atoms with Crippen molar-refractivity contribution in [2.75, 3.05) is 0 Å². The second-order valence-electron chi connectivity index (χ2n) is 1.49. The number of hydrogen-bond acceptors (Lipinski definition) is 0. The van der Waals surface area contributed by atoms with Crippen molar-refractivity contribution in [2.24, 2.45) is 0 Å². The van der Waals surface area contributed by atoms with Crippen molar-refractivity contribution in [2.45, 2.75) is 0 Å². The smallest absolute Gasteiger partial charge is 0.0716 e. The molecule has 0 aliphatic heterocycles. The van der Waals surface area contributed by atoms with E-state index in [1.165, 1.54) is 0 Å². The Morgan fingerprint density at radius 1 is 0.800 bits per heavy atom. The lowest BCUT2D eigenvalue weighted by Crippen LogP contribution is -1.47. The number of hydrogen-bond donors (Lipinski definition) is 0. The third kappa shape index (κ3) is 10.5. The van der Waals surface area contributed by atoms with Crippen molar-refractivity contribution in [3.05, 3.63) is 47.5 Å². The Morgan fingerprint density at radius 3 is 1.00 bits per heavy atom. The zero-order valence-corrected chi connectivity index (χ0v) is 6.94. The van der Waals surface area contributed by atoms with Gasteiger partial charge in [-0.1, -0.05) is 66.2 Å². The van der Waals surface area contributed by atoms with Gasteiger partial charge < -0.3 is 0 Å². The van der Waals surface area contributed by atoms with Crippen molar-refractivity contribution < 1.29 is 0 Å². The van der Waals surface area contributed by atoms with Gasteiger partial charge in [-0.2, -0.15) is 0 Å². The van der Waals surface area contributed by atoms with E-state index in [0.717, 1.165) is 0 Å². The molecule has 10 heavy (non-hydrogen) atoms. The molecular formula is C8H8Cl2. The second kappa shape index (κ2) is 6.66. The molecule has 0 heterocycles. The largest absolute Gasteiger partial charge is 0.0992 e. The Bertz CT molecular complexity index is 139. The summed E-state index contributed by atoms with van der Waals surface area (Å²) in [5, 5.41) is 0. The minimum absolute atomic E-state index is 0.111. The summed E-state index contributed by atoms with van der Waals surface area (Å²) in [6.45, 7) is 3.09. The predicted molar refractivity (Wildman–Crippen MR) is 47.3 cm³/mol. The summed E-state index contributed by atoms with van der Waals surface area (Å²) in [7, 11) is 0. The van der Waals surface area contributed by atoms with Crippen LogP contribution < -0.4 is 0 Å². The highest BCUT2D eigenvalue weighted by atomic mass is 35.5. The zero-order valence-electron chi connectivity index (χ0n) is 5.43. The molecule has 0 fully saturated rings. The molecule has 0 unspecified atom stereocenters. The van der Waals surface area contributed by atoms with Gasteiger partial charge in [-0.15, -0.1) is 0 Å². The summed E-state index contributed by atoms with van der Waals surface area (Å²) in [6, 6.07) is 12.0. The average Bonchev–Trinajstić information content (AvgIpc) is 1.90. The zero-order chi connectivity index (χ0) is 7.82. The topological polar surface area (TPSA) is 0 Å². The molecular weight excluding hydrogens is 167 g/mol. The molecule has 1 rings (SSSR count). The molecule has 0 aliphatic carbocycles. The lowest BCUT2D eigenvalue weighted by atomic mass is 10.4. The maximum atomic E-state index is 4.85. The maximum absolute atomic E-state index is 4.85. The third-order valence-electron chi connectivity index (χ3n) is 0.667. The van der Waals surface area contributed by atoms with Crippen molar-refractivity contribution in [3.8, 4) is 0 Å². The normalized spacial score (nSPS) is 7.40. The van der Waals surface area contributed by atoms with Crippen LogP contribution in [0, 0.1) is 0 Å². The third-order valence-corrected chi connectivity index (χ3v) is 0.667. The molecule has 1 aromatic carbocycles. The van der Waals surface area contributed by atoms with Gasteiger partial charge in [-0.25, -0.2) is 0 Å². The van der Waals surface area contributed by atoms with Crippen LogP contribution in [0.25, 0.3) is 0 Å². The van der Waals surface area contributed by atoms with Crippen LogP contribution in [-0.4, -0.2) is 0 Å². The predicted octanol–water partition coefficient (Wildman–Crippen LogP) is 3.62. The number of rotatable bonds is 0. The van der Waals surface area contributed by atoms with Crippen LogP contribution >= 0.6 is 23.2 Å². The molecule has 0 amide bonds. The molecule has 0 nitrogen and oxygen atoms in total. The molecule has 2 heteroatoms. The van der Waals surface area contributed by atoms with E-state index >= 15 is 0 Å². The van der Waals surface area contributed by atoms with Crippen LogP contribution in [0.2, 0.25) is 0 Å². The molecule has 0 aromatic heterocycles. The Balaban J connectivity index is 0.000000180. The van der Waals surface area contributed by atoms with E-state index in [0.29, 0.717) is 0 Å². The first kappa shape index (κ1) is 9.54. The van der Waals surface area contributed by atoms with E-state index < -0.39 is 0 Å². The van der Waals surface area contributed by atoms with Crippen molar-refractivity contribution in [3.63, 3.8) is 0 Å². The summed E-state index contributed by atoms with van der Waals surface area (Å²) in [4.78, 5) is 0. The van der Waals surface area contributed by atoms with E-state index in [1.54, 1.807) is 0 Å². The number of benzene rings is 1. The molecule has 0 radical (unpaired) electrons. The molecule has 54 valence electrons. The van der Waals surface area contributed by atoms with Crippen LogP contribution in [0.15, 0.2) is 47.5 Å². The second-order valence-corrected chi connectivity index (χ2v) is 2.60. The van der Waals surface area contributed by atoms with Gasteiger partial charge in [0.15, 0.2) is 0 Å². The summed E-state index contributed by atoms with van der Waals surface area (Å²) in [5.41, 5.74) is 0. The van der Waals surface area contributed by atoms with Crippen LogP contribution in [0.5, 0.6) is 0 Å². The van der Waals surface area contributed by atoms with Crippen LogP contribution in [-0.2, 0) is 0 Å². The van der Waals surface area contributed by atoms with Crippen LogP contribution in [0.3, 0.4) is 0 Å². The molecule has 0 N–H and O–H groups in total. The Hall–Kier alpha value is -0.460. The van der Waals surface area contributed by atoms with E-state index in [2.05, 4.69) is 6.58 Å². The van der Waals surface area contributed by atoms with Gasteiger partial charge >= 0.3 is 0 Å². The SMILES string of the molecule is C=C(Cl)Cl.c1ccccc1. The fraction of sp³-hybridized carbons (Fsp3) is 0. The van der Waals surface area contributed by atoms with Gasteiger partial charge in [0.25, 0.3) is 0 Å². The summed E-state index contributed by atoms with van der Waals surface area (Å²) in [6.07, 6.45) is 0. The first-order chi connectivity index (χ1) is 4.73. The van der Waals surface area contributed by atoms with Gasteiger partial charge in [0, 0.05) is 0 Å². The summed E-state index contributed by atoms with van der Waals surface area (Å²) in [5.74, 6) is 0. The first-order valence-corrected chi connectivity index (χ1v) is 3.49. The molecule has 0 atom stereocenters. The summed E-state index contributed by atoms with van der Waals surface area (Å²) < 4.78 is 0.111. The van der Waals surface area contributed by atoms with Crippen molar-refractivity contribution in [1.29, 1.82) is 0 Å². The minimum atomic E-state index is 0.111. The quantitative estimate of drug-likeness (QED) is 0.564. The van der Waals surface area contributed by atoms with Gasteiger partial charge in [0.2, 0.25) is 0 Å². The highest BCUT2D eigenvalue weighted by Gasteiger charge is 1.60. The van der Waals surface area contributed by atoms with Gasteiger partial charge in [-0.05, 0) is 0 Å². The highest BCUT2D eigenvalue weighted by Crippen LogP contribution is 1.98. The van der Waals surface area contributed by atoms with E-state index in [-0.39, 0.29) is 4.49 Å². The van der Waals surface area contributed by atoms with Crippen molar-refractivity contribution in [1.82, 2.24) is 0 Å². The average molecular weight is 175 g/mol. The standard InChI is InChI=1S/C6H6.C2H2Cl2/c1-2-4-6-5-3-1;1-2(3)4/h1-6H;1H2. The monoisotopic (exact) mass is 174 g/mol. The fourth-order valence-corrected chi connectivity index (χ4v) is 0.385. The van der Waals surface area contributed by atoms with Gasteiger partial charge in [0.1, 0.15) is 0 Å². The molecule has 0 aliphatic rings. The van der Waals surface area contributed by atoms with E-state index in [1.807, 2.05) is 36.4 Å². The van der Waals surface area contributed by atoms with E-state index in [4.69, 9.17) is 23.2 Å². The fourth-order valence-electron chi connectivity index (χ4n) is 0.385. The minimum Gasteiger partial charge on any atom is -0.0716 e. The maximum Gasteiger partial charge on any atom is 0.0992 e. The number of halogens is 2. The summed E-state index contributed by atoms with van der Waals surface area (Å²) >= 11 is 9.69. The Morgan fingerprint density at radius 2 is 0.900 bits per heavy atom. The molecule has 0 saturated carbocycles. The lowest BCUT2D eigenvalue weighted by molar-refractivity contribution is 1.72. The highest BCUT2D eigenvalue weighted by molar-refractivity contribution is 6.55.